The monoisotopic (exact) mass is 472 g/mol. The Morgan fingerprint density at radius 3 is 2.41 bits per heavy atom. The number of nitrogens with one attached hydrogen (secondary N) is 2. The molecule has 2 aromatic heterocycles. The van der Waals surface area contributed by atoms with Gasteiger partial charge in [-0.25, -0.2) is 4.98 Å². The summed E-state index contributed by atoms with van der Waals surface area (Å²) in [5, 5.41) is 6.08. The summed E-state index contributed by atoms with van der Waals surface area (Å²) in [7, 11) is 8.37. The van der Waals surface area contributed by atoms with Gasteiger partial charge in [0.25, 0.3) is 0 Å². The lowest BCUT2D eigenvalue weighted by atomic mass is 10.0. The van der Waals surface area contributed by atoms with E-state index in [-0.39, 0.29) is 24.4 Å². The topological polar surface area (TPSA) is 114 Å². The van der Waals surface area contributed by atoms with Crippen molar-refractivity contribution in [2.75, 3.05) is 46.1 Å². The van der Waals surface area contributed by atoms with Gasteiger partial charge in [0, 0.05) is 25.6 Å². The minimum atomic E-state index is -0.290. The van der Waals surface area contributed by atoms with E-state index in [0.29, 0.717) is 46.8 Å². The van der Waals surface area contributed by atoms with Crippen molar-refractivity contribution in [3.05, 3.63) is 24.0 Å². The van der Waals surface area contributed by atoms with E-state index in [2.05, 4.69) is 32.5 Å². The van der Waals surface area contributed by atoms with Crippen molar-refractivity contribution in [3.63, 3.8) is 0 Å². The molecule has 0 aliphatic carbocycles. The quantitative estimate of drug-likeness (QED) is 0.482. The van der Waals surface area contributed by atoms with Crippen molar-refractivity contribution in [3.8, 4) is 17.2 Å². The Bertz CT molecular complexity index is 1150. The Labute approximate surface area is 198 Å². The van der Waals surface area contributed by atoms with Gasteiger partial charge < -0.3 is 34.3 Å². The average molecular weight is 473 g/mol. The summed E-state index contributed by atoms with van der Waals surface area (Å²) >= 11 is 0. The number of benzene rings is 1. The predicted octanol–water partition coefficient (Wildman–Crippen LogP) is 3.07. The van der Waals surface area contributed by atoms with Crippen molar-refractivity contribution >= 4 is 22.9 Å². The molecule has 3 aromatic rings. The normalized spacial score (nSPS) is 22.1. The molecule has 4 rings (SSSR count). The van der Waals surface area contributed by atoms with E-state index >= 15 is 0 Å². The molecule has 34 heavy (non-hydrogen) atoms. The molecule has 11 heteroatoms. The summed E-state index contributed by atoms with van der Waals surface area (Å²) < 4.78 is 31.1. The molecule has 1 fully saturated rings. The maximum Gasteiger partial charge on any atom is 0.226 e. The number of ether oxygens (including phenoxy) is 5. The van der Waals surface area contributed by atoms with Crippen LogP contribution in [0.2, 0.25) is 0 Å². The van der Waals surface area contributed by atoms with Gasteiger partial charge in [-0.05, 0) is 19.1 Å². The molecule has 1 aliphatic rings. The van der Waals surface area contributed by atoms with Crippen LogP contribution in [0, 0.1) is 5.92 Å². The summed E-state index contributed by atoms with van der Waals surface area (Å²) in [5.74, 6) is 2.92. The van der Waals surface area contributed by atoms with Crippen molar-refractivity contribution < 1.29 is 23.7 Å². The largest absolute Gasteiger partial charge is 0.493 e. The first-order chi connectivity index (χ1) is 16.5. The summed E-state index contributed by atoms with van der Waals surface area (Å²) in [5.41, 5.74) is 2.24. The summed E-state index contributed by atoms with van der Waals surface area (Å²) in [6.07, 6.45) is 1.15. The highest BCUT2D eigenvalue weighted by atomic mass is 16.6. The van der Waals surface area contributed by atoms with E-state index in [1.165, 1.54) is 0 Å². The fraction of sp³-hybridized carbons (Fsp3) is 0.522. The second-order valence-electron chi connectivity index (χ2n) is 8.08. The van der Waals surface area contributed by atoms with Crippen LogP contribution in [0.3, 0.4) is 0 Å². The fourth-order valence-electron chi connectivity index (χ4n) is 4.47. The number of aromatic nitrogens is 4. The second-order valence-corrected chi connectivity index (χ2v) is 8.08. The predicted molar refractivity (Wildman–Crippen MR) is 128 cm³/mol. The average Bonchev–Trinajstić information content (AvgIpc) is 3.40. The summed E-state index contributed by atoms with van der Waals surface area (Å²) in [6.45, 7) is 4.45. The molecule has 0 saturated carbocycles. The Hall–Kier alpha value is -3.31. The number of imidazole rings is 1. The molecule has 1 aliphatic heterocycles. The first-order valence-electron chi connectivity index (χ1n) is 11.1. The molecular formula is C23H32N6O5. The molecule has 0 unspecified atom stereocenters. The zero-order valence-corrected chi connectivity index (χ0v) is 20.6. The van der Waals surface area contributed by atoms with E-state index in [0.717, 1.165) is 5.56 Å². The molecule has 0 amide bonds. The third kappa shape index (κ3) is 4.05. The maximum absolute atomic E-state index is 6.37. The van der Waals surface area contributed by atoms with Crippen LogP contribution in [0.5, 0.6) is 17.2 Å². The number of hydrogen-bond donors (Lipinski definition) is 2. The molecule has 1 aromatic carbocycles. The van der Waals surface area contributed by atoms with Crippen LogP contribution in [0.1, 0.15) is 25.6 Å². The highest BCUT2D eigenvalue weighted by Crippen LogP contribution is 2.42. The Morgan fingerprint density at radius 1 is 1.00 bits per heavy atom. The van der Waals surface area contributed by atoms with Gasteiger partial charge in [0.1, 0.15) is 6.23 Å². The van der Waals surface area contributed by atoms with E-state index in [1.54, 1.807) is 34.7 Å². The smallest absolute Gasteiger partial charge is 0.226 e. The fourth-order valence-corrected chi connectivity index (χ4v) is 4.47. The van der Waals surface area contributed by atoms with Crippen molar-refractivity contribution in [1.82, 2.24) is 19.5 Å². The first-order valence-corrected chi connectivity index (χ1v) is 11.1. The van der Waals surface area contributed by atoms with Gasteiger partial charge in [-0.1, -0.05) is 6.92 Å². The van der Waals surface area contributed by atoms with Crippen LogP contribution in [-0.2, 0) is 16.1 Å². The number of rotatable bonds is 9. The van der Waals surface area contributed by atoms with Crippen LogP contribution in [0.4, 0.5) is 11.8 Å². The van der Waals surface area contributed by atoms with Crippen LogP contribution in [0.15, 0.2) is 18.5 Å². The van der Waals surface area contributed by atoms with Crippen LogP contribution in [-0.4, -0.2) is 67.2 Å². The summed E-state index contributed by atoms with van der Waals surface area (Å²) in [6, 6.07) is 3.76. The van der Waals surface area contributed by atoms with Crippen LogP contribution >= 0.6 is 0 Å². The minimum absolute atomic E-state index is 0.0320. The third-order valence-corrected chi connectivity index (χ3v) is 6.16. The molecule has 0 spiro atoms. The van der Waals surface area contributed by atoms with Crippen molar-refractivity contribution in [2.45, 2.75) is 38.9 Å². The van der Waals surface area contributed by atoms with Gasteiger partial charge in [-0.15, -0.1) is 0 Å². The number of anilines is 2. The molecule has 0 radical (unpaired) electrons. The van der Waals surface area contributed by atoms with Crippen LogP contribution < -0.4 is 24.8 Å². The van der Waals surface area contributed by atoms with E-state index in [9.17, 15) is 0 Å². The van der Waals surface area contributed by atoms with Gasteiger partial charge in [-0.3, -0.25) is 4.57 Å². The van der Waals surface area contributed by atoms with Gasteiger partial charge in [0.15, 0.2) is 28.5 Å². The first kappa shape index (κ1) is 23.8. The van der Waals surface area contributed by atoms with Crippen molar-refractivity contribution in [2.24, 2.45) is 5.92 Å². The number of hydrogen-bond acceptors (Lipinski definition) is 10. The Balaban J connectivity index is 1.58. The standard InChI is InChI=1S/C23H32N6O5/c1-12-17(33-10-14-8-9-15(30-5)19(32-7)18(14)31-6)13(2)34-22(12)29-11-26-16-20(24-3)27-23(25-4)28-21(16)29/h8-9,11-13,17,22H,10H2,1-7H3,(H2,24,25,27,28)/t12-,13+,17-,22+/m0/s1. The lowest BCUT2D eigenvalue weighted by molar-refractivity contribution is -0.0327. The number of methoxy groups -OCH3 is 3. The Kier molecular flexibility index (Phi) is 6.94. The Morgan fingerprint density at radius 2 is 1.76 bits per heavy atom. The minimum Gasteiger partial charge on any atom is -0.493 e. The lowest BCUT2D eigenvalue weighted by Gasteiger charge is -2.22. The zero-order chi connectivity index (χ0) is 24.4. The highest BCUT2D eigenvalue weighted by Gasteiger charge is 2.42. The summed E-state index contributed by atoms with van der Waals surface area (Å²) in [4.78, 5) is 13.6. The molecule has 3 heterocycles. The zero-order valence-electron chi connectivity index (χ0n) is 20.6. The molecule has 1 saturated heterocycles. The van der Waals surface area contributed by atoms with Crippen molar-refractivity contribution in [1.29, 1.82) is 0 Å². The van der Waals surface area contributed by atoms with E-state index in [4.69, 9.17) is 23.7 Å². The third-order valence-electron chi connectivity index (χ3n) is 6.16. The SMILES string of the molecule is CNc1nc(NC)c2ncn([C@@H]3O[C@H](C)[C@@H](OCc4ccc(OC)c(OC)c4OC)[C@@H]3C)c2n1. The molecule has 184 valence electrons. The van der Waals surface area contributed by atoms with Gasteiger partial charge in [0.2, 0.25) is 11.7 Å². The highest BCUT2D eigenvalue weighted by molar-refractivity contribution is 5.84. The van der Waals surface area contributed by atoms with Crippen LogP contribution in [0.25, 0.3) is 11.2 Å². The van der Waals surface area contributed by atoms with Gasteiger partial charge in [0.05, 0.1) is 46.5 Å². The van der Waals surface area contributed by atoms with E-state index in [1.807, 2.05) is 30.7 Å². The van der Waals surface area contributed by atoms with Gasteiger partial charge in [-0.2, -0.15) is 9.97 Å². The number of nitrogens with zero attached hydrogens (tertiary/aromatic N) is 4. The molecule has 4 atom stereocenters. The van der Waals surface area contributed by atoms with E-state index < -0.39 is 0 Å². The lowest BCUT2D eigenvalue weighted by Crippen LogP contribution is -2.27. The molecular weight excluding hydrogens is 440 g/mol. The number of fused-ring (bicyclic) bond motifs is 1. The second kappa shape index (κ2) is 9.90. The van der Waals surface area contributed by atoms with Gasteiger partial charge >= 0.3 is 0 Å². The molecule has 0 bridgehead atoms. The molecule has 11 nitrogen and oxygen atoms in total. The maximum atomic E-state index is 6.37. The molecule has 2 N–H and O–H groups in total.